The summed E-state index contributed by atoms with van der Waals surface area (Å²) in [6, 6.07) is 5.77. The van der Waals surface area contributed by atoms with Crippen LogP contribution in [0, 0.1) is 0 Å². The Bertz CT molecular complexity index is 691. The molecule has 1 atom stereocenters. The number of halogens is 3. The molecule has 1 aromatic heterocycles. The van der Waals surface area contributed by atoms with Crippen molar-refractivity contribution in [2.45, 2.75) is 25.6 Å². The highest BCUT2D eigenvalue weighted by Gasteiger charge is 2.38. The number of alkyl halides is 3. The molecule has 1 N–H and O–H groups in total. The standard InChI is InChI=1S/C14H13F3O4/c1-2-8-5-13(19)21-11-6-9(3-4-10(8)11)20-7-12(18)14(15,16)17/h3-6,12,18H,2,7H2,1H3. The summed E-state index contributed by atoms with van der Waals surface area (Å²) in [5.74, 6) is 0.0854. The number of aliphatic hydroxyl groups excluding tert-OH is 1. The van der Waals surface area contributed by atoms with Crippen LogP contribution in [-0.2, 0) is 6.42 Å². The predicted octanol–water partition coefficient (Wildman–Crippen LogP) is 2.66. The number of rotatable bonds is 4. The maximum Gasteiger partial charge on any atom is 0.417 e. The summed E-state index contributed by atoms with van der Waals surface area (Å²) in [5, 5.41) is 9.56. The van der Waals surface area contributed by atoms with E-state index in [0.29, 0.717) is 11.8 Å². The molecule has 1 unspecified atom stereocenters. The molecule has 21 heavy (non-hydrogen) atoms. The van der Waals surface area contributed by atoms with Crippen LogP contribution in [0.25, 0.3) is 11.0 Å². The van der Waals surface area contributed by atoms with Gasteiger partial charge in [0.15, 0.2) is 6.10 Å². The highest BCUT2D eigenvalue weighted by atomic mass is 19.4. The summed E-state index contributed by atoms with van der Waals surface area (Å²) < 4.78 is 46.4. The van der Waals surface area contributed by atoms with E-state index in [1.165, 1.54) is 18.2 Å². The Hall–Kier alpha value is -2.02. The predicted molar refractivity (Wildman–Crippen MR) is 69.4 cm³/mol. The molecule has 7 heteroatoms. The minimum atomic E-state index is -4.74. The lowest BCUT2D eigenvalue weighted by Crippen LogP contribution is -2.34. The molecule has 0 aliphatic heterocycles. The van der Waals surface area contributed by atoms with Crippen LogP contribution in [0.15, 0.2) is 33.5 Å². The third-order valence-corrected chi connectivity index (χ3v) is 2.97. The molecule has 0 radical (unpaired) electrons. The first-order chi connectivity index (χ1) is 9.81. The van der Waals surface area contributed by atoms with Gasteiger partial charge in [-0.05, 0) is 24.1 Å². The van der Waals surface area contributed by atoms with Crippen LogP contribution < -0.4 is 10.4 Å². The summed E-state index contributed by atoms with van der Waals surface area (Å²) >= 11 is 0. The van der Waals surface area contributed by atoms with Gasteiger partial charge in [-0.3, -0.25) is 0 Å². The van der Waals surface area contributed by atoms with Crippen molar-refractivity contribution in [2.24, 2.45) is 0 Å². The number of benzene rings is 1. The van der Waals surface area contributed by atoms with Gasteiger partial charge in [0.25, 0.3) is 0 Å². The fraction of sp³-hybridized carbons (Fsp3) is 0.357. The number of aliphatic hydroxyl groups is 1. The van der Waals surface area contributed by atoms with Gasteiger partial charge >= 0.3 is 11.8 Å². The summed E-state index contributed by atoms with van der Waals surface area (Å²) in [7, 11) is 0. The summed E-state index contributed by atoms with van der Waals surface area (Å²) in [5.41, 5.74) is 0.480. The minimum Gasteiger partial charge on any atom is -0.490 e. The van der Waals surface area contributed by atoms with Gasteiger partial charge in [0, 0.05) is 17.5 Å². The average molecular weight is 302 g/mol. The number of aryl methyl sites for hydroxylation is 1. The fourth-order valence-electron chi connectivity index (χ4n) is 1.86. The van der Waals surface area contributed by atoms with E-state index in [2.05, 4.69) is 0 Å². The molecule has 114 valence electrons. The van der Waals surface area contributed by atoms with Gasteiger partial charge in [0.05, 0.1) is 0 Å². The van der Waals surface area contributed by atoms with Crippen LogP contribution in [0.2, 0.25) is 0 Å². The first-order valence-electron chi connectivity index (χ1n) is 6.25. The molecule has 2 aromatic rings. The molecule has 0 saturated heterocycles. The van der Waals surface area contributed by atoms with Gasteiger partial charge in [-0.15, -0.1) is 0 Å². The smallest absolute Gasteiger partial charge is 0.417 e. The van der Waals surface area contributed by atoms with Gasteiger partial charge in [0.1, 0.15) is 17.9 Å². The molecule has 0 aliphatic rings. The Morgan fingerprint density at radius 2 is 2.05 bits per heavy atom. The van der Waals surface area contributed by atoms with Crippen molar-refractivity contribution in [3.63, 3.8) is 0 Å². The van der Waals surface area contributed by atoms with Crippen LogP contribution in [0.1, 0.15) is 12.5 Å². The topological polar surface area (TPSA) is 59.7 Å². The summed E-state index contributed by atoms with van der Waals surface area (Å²) in [6.45, 7) is 0.949. The highest BCUT2D eigenvalue weighted by molar-refractivity contribution is 5.81. The second-order valence-electron chi connectivity index (χ2n) is 4.47. The third kappa shape index (κ3) is 3.55. The molecule has 1 aromatic carbocycles. The van der Waals surface area contributed by atoms with Gasteiger partial charge in [-0.2, -0.15) is 13.2 Å². The van der Waals surface area contributed by atoms with Crippen molar-refractivity contribution in [3.8, 4) is 5.75 Å². The highest BCUT2D eigenvalue weighted by Crippen LogP contribution is 2.25. The van der Waals surface area contributed by atoms with Crippen molar-refractivity contribution in [2.75, 3.05) is 6.61 Å². The number of hydrogen-bond donors (Lipinski definition) is 1. The quantitative estimate of drug-likeness (QED) is 0.882. The van der Waals surface area contributed by atoms with Crippen LogP contribution >= 0.6 is 0 Å². The molecule has 0 saturated carbocycles. The van der Waals surface area contributed by atoms with Gasteiger partial charge in [-0.1, -0.05) is 6.92 Å². The summed E-state index contributed by atoms with van der Waals surface area (Å²) in [4.78, 5) is 11.4. The van der Waals surface area contributed by atoms with E-state index >= 15 is 0 Å². The van der Waals surface area contributed by atoms with E-state index < -0.39 is 24.5 Å². The van der Waals surface area contributed by atoms with Gasteiger partial charge < -0.3 is 14.3 Å². The zero-order chi connectivity index (χ0) is 15.6. The minimum absolute atomic E-state index is 0.0854. The Balaban J connectivity index is 2.25. The monoisotopic (exact) mass is 302 g/mol. The molecular weight excluding hydrogens is 289 g/mol. The lowest BCUT2D eigenvalue weighted by molar-refractivity contribution is -0.210. The van der Waals surface area contributed by atoms with E-state index in [4.69, 9.17) is 14.3 Å². The second kappa shape index (κ2) is 5.77. The Labute approximate surface area is 117 Å². The number of fused-ring (bicyclic) bond motifs is 1. The zero-order valence-corrected chi connectivity index (χ0v) is 11.1. The van der Waals surface area contributed by atoms with E-state index in [1.54, 1.807) is 6.07 Å². The first kappa shape index (κ1) is 15.4. The van der Waals surface area contributed by atoms with Gasteiger partial charge in [-0.25, -0.2) is 4.79 Å². The van der Waals surface area contributed by atoms with Crippen molar-refractivity contribution >= 4 is 11.0 Å². The van der Waals surface area contributed by atoms with E-state index in [9.17, 15) is 18.0 Å². The second-order valence-corrected chi connectivity index (χ2v) is 4.47. The van der Waals surface area contributed by atoms with Crippen molar-refractivity contribution in [3.05, 3.63) is 40.2 Å². The van der Waals surface area contributed by atoms with E-state index in [-0.39, 0.29) is 11.3 Å². The molecule has 0 amide bonds. The lowest BCUT2D eigenvalue weighted by Gasteiger charge is -2.15. The third-order valence-electron chi connectivity index (χ3n) is 2.97. The summed E-state index contributed by atoms with van der Waals surface area (Å²) in [6.07, 6.45) is -6.68. The van der Waals surface area contributed by atoms with Crippen molar-refractivity contribution in [1.29, 1.82) is 0 Å². The van der Waals surface area contributed by atoms with Crippen LogP contribution in [0.3, 0.4) is 0 Å². The maximum atomic E-state index is 12.2. The first-order valence-corrected chi connectivity index (χ1v) is 6.25. The fourth-order valence-corrected chi connectivity index (χ4v) is 1.86. The molecule has 0 fully saturated rings. The molecule has 0 spiro atoms. The largest absolute Gasteiger partial charge is 0.490 e. The van der Waals surface area contributed by atoms with Gasteiger partial charge in [0.2, 0.25) is 0 Å². The van der Waals surface area contributed by atoms with Crippen molar-refractivity contribution in [1.82, 2.24) is 0 Å². The normalized spacial score (nSPS) is 13.4. The average Bonchev–Trinajstić information content (AvgIpc) is 2.42. The Morgan fingerprint density at radius 1 is 1.33 bits per heavy atom. The molecule has 4 nitrogen and oxygen atoms in total. The van der Waals surface area contributed by atoms with Crippen molar-refractivity contribution < 1.29 is 27.4 Å². The zero-order valence-electron chi connectivity index (χ0n) is 11.1. The van der Waals surface area contributed by atoms with Crippen LogP contribution in [0.4, 0.5) is 13.2 Å². The van der Waals surface area contributed by atoms with E-state index in [0.717, 1.165) is 5.56 Å². The Morgan fingerprint density at radius 3 is 2.67 bits per heavy atom. The lowest BCUT2D eigenvalue weighted by atomic mass is 10.1. The SMILES string of the molecule is CCc1cc(=O)oc2cc(OCC(O)C(F)(F)F)ccc12. The van der Waals surface area contributed by atoms with E-state index in [1.807, 2.05) is 6.92 Å². The van der Waals surface area contributed by atoms with Crippen LogP contribution in [-0.4, -0.2) is 24.0 Å². The molecule has 0 aliphatic carbocycles. The number of ether oxygens (including phenoxy) is 1. The molecule has 0 bridgehead atoms. The maximum absolute atomic E-state index is 12.2. The molecular formula is C14H13F3O4. The van der Waals surface area contributed by atoms with Crippen LogP contribution in [0.5, 0.6) is 5.75 Å². The Kier molecular flexibility index (Phi) is 4.22. The molecule has 1 heterocycles. The number of hydrogen-bond acceptors (Lipinski definition) is 4. The molecule has 2 rings (SSSR count).